The normalized spacial score (nSPS) is 11.9. The predicted octanol–water partition coefficient (Wildman–Crippen LogP) is 7.02. The van der Waals surface area contributed by atoms with Crippen LogP contribution in [0.1, 0.15) is 47.6 Å². The smallest absolute Gasteiger partial charge is 0.264 e. The van der Waals surface area contributed by atoms with Gasteiger partial charge in [-0.25, -0.2) is 8.42 Å². The number of hydrogen-bond acceptors (Lipinski definition) is 4. The highest BCUT2D eigenvalue weighted by Crippen LogP contribution is 2.28. The molecule has 0 unspecified atom stereocenters. The molecule has 2 amide bonds. The fourth-order valence-electron chi connectivity index (χ4n) is 5.17. The highest BCUT2D eigenvalue weighted by Gasteiger charge is 2.35. The number of sulfonamides is 1. The van der Waals surface area contributed by atoms with E-state index in [1.165, 1.54) is 29.2 Å². The Morgan fingerprint density at radius 3 is 2.15 bits per heavy atom. The number of aryl methyl sites for hydroxylation is 3. The number of amides is 2. The zero-order chi connectivity index (χ0) is 33.3. The standard InChI is InChI=1S/C37H42ClN3O4S/c1-5-6-22-39-37(43)35(24-30-13-8-7-9-14-30)40(25-31-15-11-10-12-28(31)3)36(42)26-41(33-19-16-27(2)29(4)23-33)46(44,45)34-20-17-32(38)18-21-34/h7-21,23,35H,5-6,22,24-26H2,1-4H3,(H,39,43)/t35-/m0/s1. The van der Waals surface area contributed by atoms with Gasteiger partial charge < -0.3 is 10.2 Å². The fraction of sp³-hybridized carbons (Fsp3) is 0.297. The lowest BCUT2D eigenvalue weighted by Crippen LogP contribution is -2.53. The maximum absolute atomic E-state index is 14.6. The molecule has 4 aromatic carbocycles. The molecule has 0 aliphatic rings. The summed E-state index contributed by atoms with van der Waals surface area (Å²) in [6, 6.07) is 27.5. The zero-order valence-corrected chi connectivity index (χ0v) is 28.4. The average Bonchev–Trinajstić information content (AvgIpc) is 3.04. The molecular formula is C37H42ClN3O4S. The maximum Gasteiger partial charge on any atom is 0.264 e. The quantitative estimate of drug-likeness (QED) is 0.148. The molecule has 0 spiro atoms. The number of anilines is 1. The second kappa shape index (κ2) is 15.9. The molecule has 7 nitrogen and oxygen atoms in total. The molecule has 0 fully saturated rings. The summed E-state index contributed by atoms with van der Waals surface area (Å²) in [7, 11) is -4.21. The second-order valence-electron chi connectivity index (χ2n) is 11.5. The van der Waals surface area contributed by atoms with E-state index in [4.69, 9.17) is 11.6 Å². The van der Waals surface area contributed by atoms with E-state index in [0.717, 1.165) is 45.0 Å². The van der Waals surface area contributed by atoms with Crippen LogP contribution in [0.2, 0.25) is 5.02 Å². The first-order chi connectivity index (χ1) is 22.0. The summed E-state index contributed by atoms with van der Waals surface area (Å²) < 4.78 is 29.6. The summed E-state index contributed by atoms with van der Waals surface area (Å²) in [5, 5.41) is 3.42. The Morgan fingerprint density at radius 2 is 1.50 bits per heavy atom. The third kappa shape index (κ3) is 8.77. The summed E-state index contributed by atoms with van der Waals surface area (Å²) in [5.41, 5.74) is 4.95. The first-order valence-corrected chi connectivity index (χ1v) is 17.3. The number of halogens is 1. The maximum atomic E-state index is 14.6. The van der Waals surface area contributed by atoms with Crippen molar-refractivity contribution in [3.05, 3.63) is 130 Å². The largest absolute Gasteiger partial charge is 0.354 e. The van der Waals surface area contributed by atoms with Gasteiger partial charge >= 0.3 is 0 Å². The van der Waals surface area contributed by atoms with Gasteiger partial charge in [0.15, 0.2) is 0 Å². The van der Waals surface area contributed by atoms with E-state index in [2.05, 4.69) is 5.32 Å². The highest BCUT2D eigenvalue weighted by molar-refractivity contribution is 7.92. The van der Waals surface area contributed by atoms with Crippen molar-refractivity contribution in [2.45, 2.75) is 64.4 Å². The number of nitrogens with one attached hydrogen (secondary N) is 1. The van der Waals surface area contributed by atoms with Crippen molar-refractivity contribution < 1.29 is 18.0 Å². The Morgan fingerprint density at radius 1 is 0.826 bits per heavy atom. The third-order valence-electron chi connectivity index (χ3n) is 8.16. The van der Waals surface area contributed by atoms with E-state index >= 15 is 0 Å². The van der Waals surface area contributed by atoms with Gasteiger partial charge in [0.1, 0.15) is 12.6 Å². The summed E-state index contributed by atoms with van der Waals surface area (Å²) in [5.74, 6) is -0.775. The molecule has 0 heterocycles. The van der Waals surface area contributed by atoms with E-state index in [1.807, 2.05) is 88.4 Å². The molecule has 4 aromatic rings. The Labute approximate surface area is 278 Å². The third-order valence-corrected chi connectivity index (χ3v) is 10.2. The van der Waals surface area contributed by atoms with Crippen LogP contribution in [0.3, 0.4) is 0 Å². The van der Waals surface area contributed by atoms with Crippen LogP contribution in [0.15, 0.2) is 102 Å². The Hall–Kier alpha value is -4.14. The predicted molar refractivity (Wildman–Crippen MR) is 185 cm³/mol. The minimum atomic E-state index is -4.21. The van der Waals surface area contributed by atoms with Crippen LogP contribution in [0.4, 0.5) is 5.69 Å². The Kier molecular flexibility index (Phi) is 12.0. The van der Waals surface area contributed by atoms with Gasteiger partial charge in [0, 0.05) is 24.5 Å². The first-order valence-electron chi connectivity index (χ1n) is 15.5. The van der Waals surface area contributed by atoms with Gasteiger partial charge in [0.25, 0.3) is 10.0 Å². The van der Waals surface area contributed by atoms with Crippen LogP contribution in [0.5, 0.6) is 0 Å². The summed E-state index contributed by atoms with van der Waals surface area (Å²) in [6.07, 6.45) is 1.97. The SMILES string of the molecule is CCCCNC(=O)[C@H](Cc1ccccc1)N(Cc1ccccc1C)C(=O)CN(c1ccc(C)c(C)c1)S(=O)(=O)c1ccc(Cl)cc1. The van der Waals surface area contributed by atoms with Crippen molar-refractivity contribution in [3.63, 3.8) is 0 Å². The van der Waals surface area contributed by atoms with Crippen molar-refractivity contribution in [1.82, 2.24) is 10.2 Å². The van der Waals surface area contributed by atoms with Gasteiger partial charge in [-0.3, -0.25) is 13.9 Å². The van der Waals surface area contributed by atoms with Gasteiger partial charge in [0.2, 0.25) is 11.8 Å². The monoisotopic (exact) mass is 659 g/mol. The van der Waals surface area contributed by atoms with Crippen LogP contribution in [-0.4, -0.2) is 44.3 Å². The number of benzene rings is 4. The van der Waals surface area contributed by atoms with E-state index in [0.29, 0.717) is 17.3 Å². The number of rotatable bonds is 14. The lowest BCUT2D eigenvalue weighted by molar-refractivity contribution is -0.140. The topological polar surface area (TPSA) is 86.8 Å². The van der Waals surface area contributed by atoms with Crippen molar-refractivity contribution in [1.29, 1.82) is 0 Å². The molecule has 0 aromatic heterocycles. The molecule has 46 heavy (non-hydrogen) atoms. The van der Waals surface area contributed by atoms with E-state index < -0.39 is 28.5 Å². The lowest BCUT2D eigenvalue weighted by Gasteiger charge is -2.34. The van der Waals surface area contributed by atoms with Gasteiger partial charge in [-0.05, 0) is 91.4 Å². The van der Waals surface area contributed by atoms with Crippen LogP contribution >= 0.6 is 11.6 Å². The molecule has 0 aliphatic carbocycles. The molecule has 0 radical (unpaired) electrons. The van der Waals surface area contributed by atoms with Gasteiger partial charge in [-0.1, -0.05) is 85.6 Å². The zero-order valence-electron chi connectivity index (χ0n) is 26.9. The van der Waals surface area contributed by atoms with Gasteiger partial charge in [-0.15, -0.1) is 0 Å². The van der Waals surface area contributed by atoms with Crippen molar-refractivity contribution in [2.75, 3.05) is 17.4 Å². The van der Waals surface area contributed by atoms with Crippen LogP contribution in [0.25, 0.3) is 0 Å². The minimum absolute atomic E-state index is 0.00604. The lowest BCUT2D eigenvalue weighted by atomic mass is 10.0. The molecule has 4 rings (SSSR count). The second-order valence-corrected chi connectivity index (χ2v) is 13.8. The van der Waals surface area contributed by atoms with Crippen molar-refractivity contribution in [3.8, 4) is 0 Å². The molecule has 1 N–H and O–H groups in total. The molecule has 0 saturated heterocycles. The van der Waals surface area contributed by atoms with Crippen LogP contribution in [-0.2, 0) is 32.6 Å². The Balaban J connectivity index is 1.81. The van der Waals surface area contributed by atoms with E-state index in [1.54, 1.807) is 12.1 Å². The molecule has 0 saturated carbocycles. The first kappa shape index (κ1) is 34.7. The number of nitrogens with zero attached hydrogens (tertiary/aromatic N) is 2. The van der Waals surface area contributed by atoms with Crippen molar-refractivity contribution in [2.24, 2.45) is 0 Å². The molecule has 0 bridgehead atoms. The highest BCUT2D eigenvalue weighted by atomic mass is 35.5. The van der Waals surface area contributed by atoms with Gasteiger partial charge in [0.05, 0.1) is 10.6 Å². The molecular weight excluding hydrogens is 618 g/mol. The summed E-state index contributed by atoms with van der Waals surface area (Å²) in [4.78, 5) is 30.0. The van der Waals surface area contributed by atoms with Crippen molar-refractivity contribution >= 4 is 39.1 Å². The number of unbranched alkanes of at least 4 members (excludes halogenated alkanes) is 1. The number of carbonyl (C=O) groups is 2. The van der Waals surface area contributed by atoms with Crippen LogP contribution < -0.4 is 9.62 Å². The molecule has 9 heteroatoms. The number of carbonyl (C=O) groups excluding carboxylic acids is 2. The van der Waals surface area contributed by atoms with Crippen LogP contribution in [0, 0.1) is 20.8 Å². The van der Waals surface area contributed by atoms with Gasteiger partial charge in [-0.2, -0.15) is 0 Å². The summed E-state index contributed by atoms with van der Waals surface area (Å²) in [6.45, 7) is 7.94. The molecule has 0 aliphatic heterocycles. The Bertz CT molecular complexity index is 1740. The average molecular weight is 660 g/mol. The molecule has 242 valence electrons. The van der Waals surface area contributed by atoms with E-state index in [9.17, 15) is 18.0 Å². The fourth-order valence-corrected chi connectivity index (χ4v) is 6.71. The molecule has 1 atom stereocenters. The number of hydrogen-bond donors (Lipinski definition) is 1. The minimum Gasteiger partial charge on any atom is -0.354 e. The summed E-state index contributed by atoms with van der Waals surface area (Å²) >= 11 is 6.08. The van der Waals surface area contributed by atoms with E-state index in [-0.39, 0.29) is 23.8 Å².